The van der Waals surface area contributed by atoms with E-state index in [1.165, 1.54) is 5.56 Å². The molecule has 0 saturated carbocycles. The zero-order valence-electron chi connectivity index (χ0n) is 16.4. The van der Waals surface area contributed by atoms with E-state index in [-0.39, 0.29) is 30.1 Å². The summed E-state index contributed by atoms with van der Waals surface area (Å²) < 4.78 is 7.92. The SMILES string of the molecule is CCNC(=NCC(C)Oc1cccc(C)c1)NCCCCn1cnnc1.I. The zero-order valence-corrected chi connectivity index (χ0v) is 18.7. The van der Waals surface area contributed by atoms with Gasteiger partial charge in [-0.05, 0) is 51.3 Å². The van der Waals surface area contributed by atoms with Crippen molar-refractivity contribution in [1.29, 1.82) is 0 Å². The molecule has 0 bridgehead atoms. The van der Waals surface area contributed by atoms with Crippen molar-refractivity contribution in [3.05, 3.63) is 42.5 Å². The number of halogens is 1. The Morgan fingerprint density at radius 3 is 2.70 bits per heavy atom. The number of nitrogens with zero attached hydrogens (tertiary/aromatic N) is 4. The topological polar surface area (TPSA) is 76.4 Å². The number of rotatable bonds is 10. The molecule has 1 heterocycles. The summed E-state index contributed by atoms with van der Waals surface area (Å²) in [5.41, 5.74) is 1.19. The van der Waals surface area contributed by atoms with Crippen LogP contribution in [0.15, 0.2) is 41.9 Å². The minimum absolute atomic E-state index is 0. The van der Waals surface area contributed by atoms with Gasteiger partial charge in [-0.25, -0.2) is 4.99 Å². The number of hydrogen-bond acceptors (Lipinski definition) is 4. The molecule has 0 aliphatic rings. The Labute approximate surface area is 179 Å². The average molecular weight is 486 g/mol. The van der Waals surface area contributed by atoms with Crippen LogP contribution in [0, 0.1) is 6.92 Å². The summed E-state index contributed by atoms with van der Waals surface area (Å²) in [4.78, 5) is 4.62. The lowest BCUT2D eigenvalue weighted by molar-refractivity contribution is 0.230. The Kier molecular flexibility index (Phi) is 11.5. The highest BCUT2D eigenvalue weighted by Crippen LogP contribution is 2.14. The first kappa shape index (κ1) is 23.2. The maximum absolute atomic E-state index is 5.93. The van der Waals surface area contributed by atoms with Crippen molar-refractivity contribution in [3.8, 4) is 5.75 Å². The fraction of sp³-hybridized carbons (Fsp3) is 0.526. The molecule has 0 amide bonds. The summed E-state index contributed by atoms with van der Waals surface area (Å²) in [5, 5.41) is 14.3. The molecule has 2 N–H and O–H groups in total. The maximum atomic E-state index is 5.93. The van der Waals surface area contributed by atoms with Crippen LogP contribution in [-0.4, -0.2) is 46.5 Å². The van der Waals surface area contributed by atoms with Crippen molar-refractivity contribution < 1.29 is 4.74 Å². The Balaban J connectivity index is 0.00000364. The molecule has 27 heavy (non-hydrogen) atoms. The van der Waals surface area contributed by atoms with Crippen molar-refractivity contribution in [3.63, 3.8) is 0 Å². The van der Waals surface area contributed by atoms with Gasteiger partial charge in [0.2, 0.25) is 0 Å². The van der Waals surface area contributed by atoms with Crippen LogP contribution in [0.3, 0.4) is 0 Å². The van der Waals surface area contributed by atoms with Gasteiger partial charge in [0.1, 0.15) is 24.5 Å². The quantitative estimate of drug-likeness (QED) is 0.234. The molecule has 1 aromatic heterocycles. The van der Waals surface area contributed by atoms with Crippen molar-refractivity contribution >= 4 is 29.9 Å². The molecular formula is C19H31IN6O. The van der Waals surface area contributed by atoms with Crippen molar-refractivity contribution in [1.82, 2.24) is 25.4 Å². The van der Waals surface area contributed by atoms with Gasteiger partial charge >= 0.3 is 0 Å². The van der Waals surface area contributed by atoms with E-state index in [1.807, 2.05) is 29.7 Å². The van der Waals surface area contributed by atoms with Crippen molar-refractivity contribution in [2.75, 3.05) is 19.6 Å². The number of guanidine groups is 1. The molecule has 0 spiro atoms. The normalized spacial score (nSPS) is 12.2. The second-order valence-corrected chi connectivity index (χ2v) is 6.30. The Bertz CT molecular complexity index is 662. The predicted octanol–water partition coefficient (Wildman–Crippen LogP) is 3.01. The van der Waals surface area contributed by atoms with Gasteiger partial charge in [0.25, 0.3) is 0 Å². The number of hydrogen-bond donors (Lipinski definition) is 2. The van der Waals surface area contributed by atoms with Gasteiger partial charge in [-0.1, -0.05) is 12.1 Å². The van der Waals surface area contributed by atoms with Gasteiger partial charge in [0.15, 0.2) is 5.96 Å². The third-order valence-corrected chi connectivity index (χ3v) is 3.78. The van der Waals surface area contributed by atoms with Gasteiger partial charge in [-0.2, -0.15) is 0 Å². The smallest absolute Gasteiger partial charge is 0.191 e. The monoisotopic (exact) mass is 486 g/mol. The summed E-state index contributed by atoms with van der Waals surface area (Å²) in [7, 11) is 0. The van der Waals surface area contributed by atoms with Crippen LogP contribution in [0.4, 0.5) is 0 Å². The molecule has 0 aliphatic heterocycles. The Hall–Kier alpha value is -1.84. The third kappa shape index (κ3) is 9.60. The minimum Gasteiger partial charge on any atom is -0.489 e. The lowest BCUT2D eigenvalue weighted by atomic mass is 10.2. The average Bonchev–Trinajstić information content (AvgIpc) is 3.12. The number of unbranched alkanes of at least 4 members (excludes halogenated alkanes) is 1. The molecule has 0 saturated heterocycles. The van der Waals surface area contributed by atoms with E-state index in [0.29, 0.717) is 6.54 Å². The van der Waals surface area contributed by atoms with E-state index in [0.717, 1.165) is 44.2 Å². The summed E-state index contributed by atoms with van der Waals surface area (Å²) in [6, 6.07) is 8.09. The largest absolute Gasteiger partial charge is 0.489 e. The number of aromatic nitrogens is 3. The molecule has 0 aliphatic carbocycles. The highest BCUT2D eigenvalue weighted by molar-refractivity contribution is 14.0. The van der Waals surface area contributed by atoms with Gasteiger partial charge in [-0.3, -0.25) is 0 Å². The van der Waals surface area contributed by atoms with Gasteiger partial charge < -0.3 is 19.9 Å². The molecule has 150 valence electrons. The van der Waals surface area contributed by atoms with E-state index in [9.17, 15) is 0 Å². The molecule has 0 radical (unpaired) electrons. The van der Waals surface area contributed by atoms with E-state index in [2.05, 4.69) is 45.7 Å². The highest BCUT2D eigenvalue weighted by Gasteiger charge is 2.05. The molecule has 1 aromatic carbocycles. The Morgan fingerprint density at radius 2 is 2.00 bits per heavy atom. The van der Waals surface area contributed by atoms with Crippen LogP contribution in [0.25, 0.3) is 0 Å². The molecule has 7 nitrogen and oxygen atoms in total. The number of nitrogens with one attached hydrogen (secondary N) is 2. The standard InChI is InChI=1S/C19H30N6O.HI/c1-4-20-19(21-10-5-6-11-25-14-23-24-15-25)22-13-17(3)26-18-9-7-8-16(2)12-18;/h7-9,12,14-15,17H,4-6,10-11,13H2,1-3H3,(H2,20,21,22);1H. The van der Waals surface area contributed by atoms with Gasteiger partial charge in [-0.15, -0.1) is 34.2 Å². The van der Waals surface area contributed by atoms with Gasteiger partial charge in [0.05, 0.1) is 6.54 Å². The first-order valence-electron chi connectivity index (χ1n) is 9.25. The molecule has 1 atom stereocenters. The van der Waals surface area contributed by atoms with Crippen LogP contribution in [-0.2, 0) is 6.54 Å². The summed E-state index contributed by atoms with van der Waals surface area (Å²) in [5.74, 6) is 1.72. The van der Waals surface area contributed by atoms with Crippen LogP contribution >= 0.6 is 24.0 Å². The van der Waals surface area contributed by atoms with Crippen LogP contribution < -0.4 is 15.4 Å². The number of benzene rings is 1. The highest BCUT2D eigenvalue weighted by atomic mass is 127. The molecule has 2 rings (SSSR count). The van der Waals surface area contributed by atoms with Crippen molar-refractivity contribution in [2.24, 2.45) is 4.99 Å². The van der Waals surface area contributed by atoms with Gasteiger partial charge in [0, 0.05) is 19.6 Å². The van der Waals surface area contributed by atoms with E-state index in [1.54, 1.807) is 12.7 Å². The van der Waals surface area contributed by atoms with Crippen molar-refractivity contribution in [2.45, 2.75) is 46.3 Å². The first-order valence-corrected chi connectivity index (χ1v) is 9.25. The summed E-state index contributed by atoms with van der Waals surface area (Å²) in [6.45, 7) is 9.41. The lowest BCUT2D eigenvalue weighted by Crippen LogP contribution is -2.38. The molecular weight excluding hydrogens is 455 g/mol. The van der Waals surface area contributed by atoms with Crippen LogP contribution in [0.2, 0.25) is 0 Å². The molecule has 1 unspecified atom stereocenters. The minimum atomic E-state index is 0. The first-order chi connectivity index (χ1) is 12.7. The molecule has 0 fully saturated rings. The van der Waals surface area contributed by atoms with E-state index < -0.39 is 0 Å². The fourth-order valence-electron chi connectivity index (χ4n) is 2.48. The van der Waals surface area contributed by atoms with Crippen LogP contribution in [0.5, 0.6) is 5.75 Å². The number of aryl methyl sites for hydroxylation is 2. The predicted molar refractivity (Wildman–Crippen MR) is 120 cm³/mol. The number of aliphatic imine (C=N–C) groups is 1. The van der Waals surface area contributed by atoms with Crippen LogP contribution in [0.1, 0.15) is 32.3 Å². The zero-order chi connectivity index (χ0) is 18.6. The van der Waals surface area contributed by atoms with E-state index >= 15 is 0 Å². The number of ether oxygens (including phenoxy) is 1. The Morgan fingerprint density at radius 1 is 1.22 bits per heavy atom. The maximum Gasteiger partial charge on any atom is 0.191 e. The second kappa shape index (κ2) is 13.3. The fourth-order valence-corrected chi connectivity index (χ4v) is 2.48. The summed E-state index contributed by atoms with van der Waals surface area (Å²) in [6.07, 6.45) is 5.62. The van der Waals surface area contributed by atoms with E-state index in [4.69, 9.17) is 4.74 Å². The molecule has 8 heteroatoms. The second-order valence-electron chi connectivity index (χ2n) is 6.30. The molecule has 2 aromatic rings. The third-order valence-electron chi connectivity index (χ3n) is 3.78. The summed E-state index contributed by atoms with van der Waals surface area (Å²) >= 11 is 0. The lowest BCUT2D eigenvalue weighted by Gasteiger charge is -2.15.